The molecule has 0 fully saturated rings. The molecule has 2 rings (SSSR count). The molecule has 1 amide bonds. The van der Waals surface area contributed by atoms with Crippen molar-refractivity contribution >= 4 is 17.2 Å². The van der Waals surface area contributed by atoms with Crippen LogP contribution in [0.15, 0.2) is 24.3 Å². The van der Waals surface area contributed by atoms with Gasteiger partial charge in [-0.1, -0.05) is 12.1 Å². The predicted molar refractivity (Wildman–Crippen MR) is 84.3 cm³/mol. The van der Waals surface area contributed by atoms with Gasteiger partial charge in [-0.3, -0.25) is 4.79 Å². The van der Waals surface area contributed by atoms with Gasteiger partial charge in [0.2, 0.25) is 5.91 Å². The quantitative estimate of drug-likeness (QED) is 0.859. The van der Waals surface area contributed by atoms with Gasteiger partial charge in [-0.2, -0.15) is 0 Å². The first-order chi connectivity index (χ1) is 10.5. The number of hydrogen-bond acceptors (Lipinski definition) is 4. The number of aryl methyl sites for hydroxylation is 2. The Bertz CT molecular complexity index is 638. The van der Waals surface area contributed by atoms with Crippen molar-refractivity contribution in [1.82, 2.24) is 10.3 Å². The Morgan fingerprint density at radius 1 is 1.45 bits per heavy atom. The lowest BCUT2D eigenvalue weighted by atomic mass is 10.1. The van der Waals surface area contributed by atoms with E-state index in [1.165, 1.54) is 23.1 Å². The fraction of sp³-hybridized carbons (Fsp3) is 0.375. The van der Waals surface area contributed by atoms with Crippen molar-refractivity contribution < 1.29 is 14.3 Å². The molecule has 1 atom stereocenters. The van der Waals surface area contributed by atoms with Crippen molar-refractivity contribution in [3.8, 4) is 0 Å². The average molecular weight is 322 g/mol. The van der Waals surface area contributed by atoms with E-state index in [0.29, 0.717) is 18.5 Å². The third kappa shape index (κ3) is 4.61. The number of carbonyl (C=O) groups excluding carboxylic acids is 1. The van der Waals surface area contributed by atoms with Gasteiger partial charge in [0, 0.05) is 17.8 Å². The van der Waals surface area contributed by atoms with Gasteiger partial charge in [0.05, 0.1) is 23.2 Å². The van der Waals surface area contributed by atoms with E-state index < -0.39 is 11.9 Å². The van der Waals surface area contributed by atoms with Crippen molar-refractivity contribution in [2.45, 2.75) is 32.8 Å². The largest absolute Gasteiger partial charge is 0.388 e. The van der Waals surface area contributed by atoms with Crippen molar-refractivity contribution in [3.05, 3.63) is 51.2 Å². The number of benzene rings is 1. The molecule has 2 aromatic rings. The Morgan fingerprint density at radius 2 is 2.23 bits per heavy atom. The summed E-state index contributed by atoms with van der Waals surface area (Å²) >= 11 is 1.62. The summed E-state index contributed by atoms with van der Waals surface area (Å²) in [4.78, 5) is 17.4. The highest BCUT2D eigenvalue weighted by atomic mass is 32.1. The fourth-order valence-corrected chi connectivity index (χ4v) is 2.97. The number of aromatic nitrogens is 1. The fourth-order valence-electron chi connectivity index (χ4n) is 2.03. The van der Waals surface area contributed by atoms with Gasteiger partial charge < -0.3 is 10.4 Å². The van der Waals surface area contributed by atoms with Crippen LogP contribution in [0.2, 0.25) is 0 Å². The number of thiazole rings is 1. The maximum absolute atomic E-state index is 13.1. The van der Waals surface area contributed by atoms with Crippen LogP contribution in [0.4, 0.5) is 4.39 Å². The molecular formula is C16H19FN2O2S. The van der Waals surface area contributed by atoms with Crippen LogP contribution in [-0.4, -0.2) is 22.5 Å². The van der Waals surface area contributed by atoms with Gasteiger partial charge >= 0.3 is 0 Å². The molecule has 6 heteroatoms. The SMILES string of the molecule is Cc1nc(CCNC(=O)CC(O)c2cccc(F)c2)sc1C. The molecule has 4 nitrogen and oxygen atoms in total. The maximum Gasteiger partial charge on any atom is 0.222 e. The first-order valence-corrected chi connectivity index (χ1v) is 7.90. The number of halogens is 1. The Hall–Kier alpha value is -1.79. The van der Waals surface area contributed by atoms with Gasteiger partial charge in [-0.15, -0.1) is 11.3 Å². The van der Waals surface area contributed by atoms with Gasteiger partial charge in [0.15, 0.2) is 0 Å². The molecule has 118 valence electrons. The molecule has 1 heterocycles. The summed E-state index contributed by atoms with van der Waals surface area (Å²) in [5.41, 5.74) is 1.43. The Balaban J connectivity index is 1.78. The minimum Gasteiger partial charge on any atom is -0.388 e. The molecular weight excluding hydrogens is 303 g/mol. The van der Waals surface area contributed by atoms with E-state index in [1.54, 1.807) is 17.4 Å². The molecule has 22 heavy (non-hydrogen) atoms. The average Bonchev–Trinajstić information content (AvgIpc) is 2.77. The molecule has 0 spiro atoms. The molecule has 0 aliphatic carbocycles. The summed E-state index contributed by atoms with van der Waals surface area (Å²) in [5, 5.41) is 13.7. The second-order valence-electron chi connectivity index (χ2n) is 5.12. The van der Waals surface area contributed by atoms with Crippen LogP contribution in [0.3, 0.4) is 0 Å². The highest BCUT2D eigenvalue weighted by molar-refractivity contribution is 7.11. The van der Waals surface area contributed by atoms with Crippen molar-refractivity contribution in [2.24, 2.45) is 0 Å². The van der Waals surface area contributed by atoms with E-state index in [-0.39, 0.29) is 12.3 Å². The molecule has 2 N–H and O–H groups in total. The number of amides is 1. The second kappa shape index (κ2) is 7.47. The van der Waals surface area contributed by atoms with Crippen LogP contribution in [-0.2, 0) is 11.2 Å². The number of carbonyl (C=O) groups is 1. The van der Waals surface area contributed by atoms with E-state index in [0.717, 1.165) is 10.7 Å². The first kappa shape index (κ1) is 16.6. The highest BCUT2D eigenvalue weighted by Gasteiger charge is 2.13. The summed E-state index contributed by atoms with van der Waals surface area (Å²) in [6, 6.07) is 5.65. The Kier molecular flexibility index (Phi) is 5.63. The zero-order valence-corrected chi connectivity index (χ0v) is 13.4. The number of aliphatic hydroxyl groups excluding tert-OH is 1. The highest BCUT2D eigenvalue weighted by Crippen LogP contribution is 2.18. The number of nitrogens with one attached hydrogen (secondary N) is 1. The summed E-state index contributed by atoms with van der Waals surface area (Å²) in [5.74, 6) is -0.687. The summed E-state index contributed by atoms with van der Waals surface area (Å²) < 4.78 is 13.1. The molecule has 0 bridgehead atoms. The van der Waals surface area contributed by atoms with E-state index >= 15 is 0 Å². The van der Waals surface area contributed by atoms with Crippen LogP contribution >= 0.6 is 11.3 Å². The topological polar surface area (TPSA) is 62.2 Å². The van der Waals surface area contributed by atoms with E-state index in [2.05, 4.69) is 10.3 Å². The van der Waals surface area contributed by atoms with E-state index in [1.807, 2.05) is 13.8 Å². The first-order valence-electron chi connectivity index (χ1n) is 7.09. The maximum atomic E-state index is 13.1. The summed E-state index contributed by atoms with van der Waals surface area (Å²) in [6.45, 7) is 4.45. The Morgan fingerprint density at radius 3 is 2.86 bits per heavy atom. The van der Waals surface area contributed by atoms with Crippen LogP contribution < -0.4 is 5.32 Å². The number of hydrogen-bond donors (Lipinski definition) is 2. The summed E-state index contributed by atoms with van der Waals surface area (Å²) in [7, 11) is 0. The molecule has 1 unspecified atom stereocenters. The van der Waals surface area contributed by atoms with E-state index in [9.17, 15) is 14.3 Å². The van der Waals surface area contributed by atoms with Crippen molar-refractivity contribution in [3.63, 3.8) is 0 Å². The lowest BCUT2D eigenvalue weighted by Gasteiger charge is -2.11. The molecule has 0 aliphatic rings. The monoisotopic (exact) mass is 322 g/mol. The van der Waals surface area contributed by atoms with Gasteiger partial charge in [-0.25, -0.2) is 9.37 Å². The van der Waals surface area contributed by atoms with Gasteiger partial charge in [0.25, 0.3) is 0 Å². The molecule has 0 saturated carbocycles. The second-order valence-corrected chi connectivity index (χ2v) is 6.41. The van der Waals surface area contributed by atoms with Crippen LogP contribution in [0.25, 0.3) is 0 Å². The number of nitrogens with zero attached hydrogens (tertiary/aromatic N) is 1. The third-order valence-corrected chi connectivity index (χ3v) is 4.48. The molecule has 0 saturated heterocycles. The molecule has 0 radical (unpaired) electrons. The standard InChI is InChI=1S/C16H19FN2O2S/c1-10-11(2)22-16(19-10)6-7-18-15(21)9-14(20)12-4-3-5-13(17)8-12/h3-5,8,14,20H,6-7,9H2,1-2H3,(H,18,21). The molecule has 1 aromatic heterocycles. The third-order valence-electron chi connectivity index (χ3n) is 3.35. The Labute approximate surface area is 133 Å². The van der Waals surface area contributed by atoms with Crippen LogP contribution in [0.1, 0.15) is 33.7 Å². The van der Waals surface area contributed by atoms with Gasteiger partial charge in [0.1, 0.15) is 5.82 Å². The lowest BCUT2D eigenvalue weighted by molar-refractivity contribution is -0.123. The number of rotatable bonds is 6. The minimum atomic E-state index is -1.000. The van der Waals surface area contributed by atoms with E-state index in [4.69, 9.17) is 0 Å². The minimum absolute atomic E-state index is 0.0840. The van der Waals surface area contributed by atoms with Crippen LogP contribution in [0.5, 0.6) is 0 Å². The lowest BCUT2D eigenvalue weighted by Crippen LogP contribution is -2.27. The summed E-state index contributed by atoms with van der Waals surface area (Å²) in [6.07, 6.45) is -0.416. The zero-order valence-electron chi connectivity index (χ0n) is 12.6. The zero-order chi connectivity index (χ0) is 16.1. The van der Waals surface area contributed by atoms with Gasteiger partial charge in [-0.05, 0) is 31.5 Å². The molecule has 1 aromatic carbocycles. The van der Waals surface area contributed by atoms with Crippen LogP contribution in [0, 0.1) is 19.7 Å². The normalized spacial score (nSPS) is 12.2. The number of aliphatic hydroxyl groups is 1. The predicted octanol–water partition coefficient (Wildman–Crippen LogP) is 2.68. The van der Waals surface area contributed by atoms with Crippen molar-refractivity contribution in [2.75, 3.05) is 6.54 Å². The smallest absolute Gasteiger partial charge is 0.222 e. The van der Waals surface area contributed by atoms with Crippen molar-refractivity contribution in [1.29, 1.82) is 0 Å². The molecule has 0 aliphatic heterocycles.